The molecule has 4 aliphatic rings. The van der Waals surface area contributed by atoms with Crippen LogP contribution in [0.1, 0.15) is 36.0 Å². The summed E-state index contributed by atoms with van der Waals surface area (Å²) in [5.41, 5.74) is 1.87. The fourth-order valence-electron chi connectivity index (χ4n) is 6.57. The molecule has 7 nitrogen and oxygen atoms in total. The van der Waals surface area contributed by atoms with Crippen molar-refractivity contribution >= 4 is 0 Å². The minimum atomic E-state index is -0.841. The molecule has 7 heteroatoms. The zero-order valence-corrected chi connectivity index (χ0v) is 17.9. The Morgan fingerprint density at radius 3 is 2.83 bits per heavy atom. The van der Waals surface area contributed by atoms with Crippen molar-refractivity contribution in [3.8, 4) is 5.75 Å². The van der Waals surface area contributed by atoms with Gasteiger partial charge in [-0.25, -0.2) is 0 Å². The van der Waals surface area contributed by atoms with E-state index in [-0.39, 0.29) is 24.9 Å². The third-order valence-electron chi connectivity index (χ3n) is 7.94. The summed E-state index contributed by atoms with van der Waals surface area (Å²) in [6, 6.07) is 4.17. The number of likely N-dealkylation sites (N-methyl/N-ethyl adjacent to an activating group) is 1. The first-order chi connectivity index (χ1) is 14.6. The van der Waals surface area contributed by atoms with Gasteiger partial charge >= 0.3 is 0 Å². The van der Waals surface area contributed by atoms with E-state index in [0.717, 1.165) is 42.7 Å². The summed E-state index contributed by atoms with van der Waals surface area (Å²) in [5.74, 6) is 0.785. The van der Waals surface area contributed by atoms with Gasteiger partial charge in [-0.3, -0.25) is 0 Å². The van der Waals surface area contributed by atoms with E-state index >= 15 is 0 Å². The summed E-state index contributed by atoms with van der Waals surface area (Å²) in [6.45, 7) is 2.98. The van der Waals surface area contributed by atoms with Crippen LogP contribution in [0.2, 0.25) is 0 Å². The highest BCUT2D eigenvalue weighted by Crippen LogP contribution is 2.64. The molecule has 5 rings (SSSR count). The number of benzene rings is 1. The van der Waals surface area contributed by atoms with E-state index in [2.05, 4.69) is 18.0 Å². The third-order valence-corrected chi connectivity index (χ3v) is 7.94. The van der Waals surface area contributed by atoms with Gasteiger partial charge in [0, 0.05) is 24.3 Å². The minimum Gasteiger partial charge on any atom is -0.486 e. The number of likely N-dealkylation sites (tertiary alicyclic amines) is 1. The molecule has 2 fully saturated rings. The highest BCUT2D eigenvalue weighted by molar-refractivity contribution is 5.60. The molecule has 1 saturated carbocycles. The van der Waals surface area contributed by atoms with Crippen LogP contribution in [0.3, 0.4) is 0 Å². The molecule has 2 aliphatic carbocycles. The van der Waals surface area contributed by atoms with Crippen molar-refractivity contribution in [1.82, 2.24) is 4.90 Å². The highest BCUT2D eigenvalue weighted by atomic mass is 16.6. The smallest absolute Gasteiger partial charge is 0.137 e. The first-order valence-electron chi connectivity index (χ1n) is 11.1. The van der Waals surface area contributed by atoms with Gasteiger partial charge in [-0.15, -0.1) is 0 Å². The number of hydrogen-bond acceptors (Lipinski definition) is 7. The topological polar surface area (TPSA) is 80.6 Å². The second-order valence-electron chi connectivity index (χ2n) is 9.18. The van der Waals surface area contributed by atoms with Crippen molar-refractivity contribution in [1.29, 1.82) is 0 Å². The number of piperidine rings is 1. The van der Waals surface area contributed by atoms with Crippen LogP contribution < -0.4 is 4.74 Å². The lowest BCUT2D eigenvalue weighted by Gasteiger charge is -2.63. The van der Waals surface area contributed by atoms with Gasteiger partial charge in [-0.2, -0.15) is 0 Å². The maximum atomic E-state index is 12.2. The molecule has 0 amide bonds. The Kier molecular flexibility index (Phi) is 5.32. The number of hydrogen-bond donors (Lipinski definition) is 2. The van der Waals surface area contributed by atoms with Crippen LogP contribution in [-0.2, 0) is 32.7 Å². The Labute approximate surface area is 177 Å². The molecule has 2 bridgehead atoms. The Morgan fingerprint density at radius 2 is 2.03 bits per heavy atom. The second-order valence-corrected chi connectivity index (χ2v) is 9.18. The van der Waals surface area contributed by atoms with E-state index in [1.807, 2.05) is 6.07 Å². The van der Waals surface area contributed by atoms with Gasteiger partial charge in [0.25, 0.3) is 0 Å². The van der Waals surface area contributed by atoms with Crippen molar-refractivity contribution in [3.63, 3.8) is 0 Å². The summed E-state index contributed by atoms with van der Waals surface area (Å²) in [4.78, 5) is 2.31. The van der Waals surface area contributed by atoms with Crippen molar-refractivity contribution < 1.29 is 29.2 Å². The molecule has 166 valence electrons. The number of rotatable bonds is 8. The Hall–Kier alpha value is -1.22. The first-order valence-corrected chi connectivity index (χ1v) is 11.1. The summed E-state index contributed by atoms with van der Waals surface area (Å²) >= 11 is 0. The lowest BCUT2D eigenvalue weighted by Crippen LogP contribution is -2.76. The number of ether oxygens (including phenoxy) is 4. The lowest BCUT2D eigenvalue weighted by atomic mass is 9.48. The van der Waals surface area contributed by atoms with Gasteiger partial charge in [0.2, 0.25) is 0 Å². The number of nitrogens with zero attached hydrogens (tertiary/aromatic N) is 1. The molecule has 1 unspecified atom stereocenters. The lowest BCUT2D eigenvalue weighted by molar-refractivity contribution is -0.213. The molecule has 2 N–H and O–H groups in total. The normalized spacial score (nSPS) is 36.5. The monoisotopic (exact) mass is 419 g/mol. The maximum Gasteiger partial charge on any atom is 0.137 e. The van der Waals surface area contributed by atoms with Crippen LogP contribution in [0.25, 0.3) is 0 Å². The molecule has 1 saturated heterocycles. The first kappa shape index (κ1) is 20.7. The summed E-state index contributed by atoms with van der Waals surface area (Å²) in [7, 11) is 3.78. The zero-order chi connectivity index (χ0) is 20.9. The second kappa shape index (κ2) is 7.73. The van der Waals surface area contributed by atoms with E-state index in [0.29, 0.717) is 32.8 Å². The van der Waals surface area contributed by atoms with E-state index < -0.39 is 11.0 Å². The molecule has 2 aliphatic heterocycles. The van der Waals surface area contributed by atoms with Gasteiger partial charge < -0.3 is 34.1 Å². The van der Waals surface area contributed by atoms with Crippen LogP contribution in [0.4, 0.5) is 0 Å². The molecule has 0 aromatic heterocycles. The van der Waals surface area contributed by atoms with Gasteiger partial charge in [-0.1, -0.05) is 12.1 Å². The van der Waals surface area contributed by atoms with Crippen LogP contribution in [0, 0.1) is 0 Å². The summed E-state index contributed by atoms with van der Waals surface area (Å²) < 4.78 is 23.4. The van der Waals surface area contributed by atoms with Gasteiger partial charge in [0.1, 0.15) is 11.9 Å². The quantitative estimate of drug-likeness (QED) is 0.609. The predicted molar refractivity (Wildman–Crippen MR) is 110 cm³/mol. The van der Waals surface area contributed by atoms with Crippen LogP contribution in [-0.4, -0.2) is 86.1 Å². The molecular formula is C23H33NO6. The Morgan fingerprint density at radius 1 is 1.20 bits per heavy atom. The molecule has 0 radical (unpaired) electrons. The van der Waals surface area contributed by atoms with Gasteiger partial charge in [0.05, 0.1) is 50.2 Å². The van der Waals surface area contributed by atoms with Crippen LogP contribution >= 0.6 is 0 Å². The van der Waals surface area contributed by atoms with Gasteiger partial charge in [-0.05, 0) is 44.8 Å². The minimum absolute atomic E-state index is 0.0635. The predicted octanol–water partition coefficient (Wildman–Crippen LogP) is 1.01. The highest BCUT2D eigenvalue weighted by Gasteiger charge is 2.72. The van der Waals surface area contributed by atoms with Crippen LogP contribution in [0.5, 0.6) is 5.75 Å². The number of aliphatic hydroxyl groups excluding tert-OH is 1. The third kappa shape index (κ3) is 2.73. The molecule has 2 heterocycles. The van der Waals surface area contributed by atoms with Gasteiger partial charge in [0.15, 0.2) is 0 Å². The van der Waals surface area contributed by atoms with E-state index in [9.17, 15) is 10.2 Å². The van der Waals surface area contributed by atoms with E-state index in [1.165, 1.54) is 5.56 Å². The SMILES string of the molecule is COCCOCCO[C@H]1CC[C@@]2(O)C3Cc4ccc(CO)c5c4[C@@]2(CCN3C)[C@H]1O5. The number of aliphatic hydroxyl groups is 2. The molecule has 30 heavy (non-hydrogen) atoms. The summed E-state index contributed by atoms with van der Waals surface area (Å²) in [6.07, 6.45) is 2.75. The fourth-order valence-corrected chi connectivity index (χ4v) is 6.57. The largest absolute Gasteiger partial charge is 0.486 e. The molecule has 1 spiro atoms. The Bertz CT molecular complexity index is 802. The maximum absolute atomic E-state index is 12.2. The number of methoxy groups -OCH3 is 1. The van der Waals surface area contributed by atoms with Crippen molar-refractivity contribution in [2.75, 3.05) is 47.1 Å². The van der Waals surface area contributed by atoms with Crippen LogP contribution in [0.15, 0.2) is 12.1 Å². The van der Waals surface area contributed by atoms with Crippen molar-refractivity contribution in [3.05, 3.63) is 28.8 Å². The van der Waals surface area contributed by atoms with E-state index in [4.69, 9.17) is 18.9 Å². The standard InChI is InChI=1S/C23H33NO6/c1-24-8-7-22-19-15-3-4-16(14-25)20(19)30-21(22)17(29-12-11-28-10-9-27-2)5-6-23(22,26)18(24)13-15/h3-4,17-18,21,25-26H,5-14H2,1-2H3/t17-,18?,21-,22-,23+/m0/s1. The average molecular weight is 420 g/mol. The molecule has 1 aromatic rings. The van der Waals surface area contributed by atoms with Crippen molar-refractivity contribution in [2.45, 2.75) is 61.6 Å². The van der Waals surface area contributed by atoms with Crippen molar-refractivity contribution in [2.24, 2.45) is 0 Å². The Balaban J connectivity index is 1.47. The zero-order valence-electron chi connectivity index (χ0n) is 17.9. The average Bonchev–Trinajstić information content (AvgIpc) is 3.10. The molecule has 1 aromatic carbocycles. The fraction of sp³-hybridized carbons (Fsp3) is 0.739. The molecular weight excluding hydrogens is 386 g/mol. The summed E-state index contributed by atoms with van der Waals surface area (Å²) in [5, 5.41) is 22.1. The molecule has 5 atom stereocenters. The van der Waals surface area contributed by atoms with E-state index in [1.54, 1.807) is 7.11 Å².